The lowest BCUT2D eigenvalue weighted by Gasteiger charge is -2.08. The van der Waals surface area contributed by atoms with Crippen molar-refractivity contribution in [3.05, 3.63) is 46.2 Å². The van der Waals surface area contributed by atoms with E-state index in [1.165, 1.54) is 23.5 Å². The minimum absolute atomic E-state index is 0.0117. The highest BCUT2D eigenvalue weighted by Crippen LogP contribution is 2.14. The summed E-state index contributed by atoms with van der Waals surface area (Å²) >= 11 is 1.46. The van der Waals surface area contributed by atoms with Gasteiger partial charge in [0.2, 0.25) is 10.0 Å². The first-order chi connectivity index (χ1) is 9.53. The molecule has 0 spiro atoms. The molecule has 0 unspecified atom stereocenters. The van der Waals surface area contributed by atoms with Crippen LogP contribution in [0.2, 0.25) is 0 Å². The molecule has 20 heavy (non-hydrogen) atoms. The van der Waals surface area contributed by atoms with Gasteiger partial charge in [-0.25, -0.2) is 22.5 Å². The second-order valence-electron chi connectivity index (χ2n) is 4.08. The topological polar surface area (TPSA) is 85.1 Å². The number of halogens is 1. The molecule has 0 saturated carbocycles. The number of nitrogens with zero attached hydrogens (tertiary/aromatic N) is 1. The van der Waals surface area contributed by atoms with Gasteiger partial charge in [0.05, 0.1) is 16.1 Å². The van der Waals surface area contributed by atoms with Crippen molar-refractivity contribution in [2.45, 2.75) is 17.9 Å². The lowest BCUT2D eigenvalue weighted by Crippen LogP contribution is -2.26. The second-order valence-corrected chi connectivity index (χ2v) is 6.57. The molecule has 1 aromatic carbocycles. The lowest BCUT2D eigenvalue weighted by molar-refractivity contribution is 0.579. The SMILES string of the molecule is NCc1cc(S(=O)(=O)NCCc2cscn2)ccc1F. The van der Waals surface area contributed by atoms with Crippen LogP contribution >= 0.6 is 11.3 Å². The van der Waals surface area contributed by atoms with Crippen LogP contribution in [0.1, 0.15) is 11.3 Å². The average molecular weight is 315 g/mol. The van der Waals surface area contributed by atoms with Crippen molar-refractivity contribution in [2.75, 3.05) is 6.54 Å². The molecule has 1 heterocycles. The lowest BCUT2D eigenvalue weighted by atomic mass is 10.2. The van der Waals surface area contributed by atoms with Gasteiger partial charge < -0.3 is 5.73 Å². The number of nitrogens with two attached hydrogens (primary N) is 1. The van der Waals surface area contributed by atoms with Crippen LogP contribution < -0.4 is 10.5 Å². The van der Waals surface area contributed by atoms with Crippen molar-refractivity contribution >= 4 is 21.4 Å². The van der Waals surface area contributed by atoms with Gasteiger partial charge in [-0.05, 0) is 18.2 Å². The Morgan fingerprint density at radius 1 is 1.40 bits per heavy atom. The Hall–Kier alpha value is -1.35. The predicted molar refractivity (Wildman–Crippen MR) is 75.3 cm³/mol. The molecule has 0 amide bonds. The van der Waals surface area contributed by atoms with E-state index in [9.17, 15) is 12.8 Å². The molecule has 0 aliphatic rings. The summed E-state index contributed by atoms with van der Waals surface area (Å²) in [4.78, 5) is 4.08. The zero-order valence-electron chi connectivity index (χ0n) is 10.5. The Labute approximate surface area is 120 Å². The molecule has 5 nitrogen and oxygen atoms in total. The Balaban J connectivity index is 2.06. The Kier molecular flexibility index (Phi) is 4.81. The number of aromatic nitrogens is 1. The van der Waals surface area contributed by atoms with E-state index >= 15 is 0 Å². The molecule has 0 saturated heterocycles. The minimum atomic E-state index is -3.66. The van der Waals surface area contributed by atoms with E-state index in [2.05, 4.69) is 9.71 Å². The van der Waals surface area contributed by atoms with Crippen molar-refractivity contribution in [2.24, 2.45) is 5.73 Å². The minimum Gasteiger partial charge on any atom is -0.326 e. The van der Waals surface area contributed by atoms with Gasteiger partial charge in [0, 0.05) is 30.5 Å². The van der Waals surface area contributed by atoms with Crippen molar-refractivity contribution in [3.63, 3.8) is 0 Å². The maximum Gasteiger partial charge on any atom is 0.240 e. The van der Waals surface area contributed by atoms with Gasteiger partial charge in [0.15, 0.2) is 0 Å². The van der Waals surface area contributed by atoms with Gasteiger partial charge in [0.1, 0.15) is 5.82 Å². The predicted octanol–water partition coefficient (Wildman–Crippen LogP) is 1.26. The van der Waals surface area contributed by atoms with Crippen molar-refractivity contribution in [3.8, 4) is 0 Å². The normalized spacial score (nSPS) is 11.7. The number of thiazole rings is 1. The fourth-order valence-electron chi connectivity index (χ4n) is 1.63. The molecule has 0 radical (unpaired) electrons. The van der Waals surface area contributed by atoms with Crippen molar-refractivity contribution in [1.82, 2.24) is 9.71 Å². The summed E-state index contributed by atoms with van der Waals surface area (Å²) in [7, 11) is -3.66. The highest BCUT2D eigenvalue weighted by atomic mass is 32.2. The van der Waals surface area contributed by atoms with E-state index in [1.807, 2.05) is 5.38 Å². The van der Waals surface area contributed by atoms with Crippen LogP contribution in [0.25, 0.3) is 0 Å². The van der Waals surface area contributed by atoms with E-state index in [0.717, 1.165) is 11.8 Å². The highest BCUT2D eigenvalue weighted by molar-refractivity contribution is 7.89. The van der Waals surface area contributed by atoms with Crippen LogP contribution in [0.3, 0.4) is 0 Å². The molecule has 2 aromatic rings. The summed E-state index contributed by atoms with van der Waals surface area (Å²) in [6, 6.07) is 3.58. The first-order valence-electron chi connectivity index (χ1n) is 5.88. The third kappa shape index (κ3) is 3.60. The molecule has 0 fully saturated rings. The summed E-state index contributed by atoms with van der Waals surface area (Å²) in [5, 5.41) is 1.86. The molecular weight excluding hydrogens is 301 g/mol. The van der Waals surface area contributed by atoms with E-state index in [4.69, 9.17) is 5.73 Å². The van der Waals surface area contributed by atoms with Crippen molar-refractivity contribution in [1.29, 1.82) is 0 Å². The summed E-state index contributed by atoms with van der Waals surface area (Å²) in [6.45, 7) is 0.190. The number of rotatable bonds is 6. The van der Waals surface area contributed by atoms with Gasteiger partial charge in [-0.3, -0.25) is 0 Å². The van der Waals surface area contributed by atoms with Gasteiger partial charge in [0.25, 0.3) is 0 Å². The molecule has 0 aliphatic carbocycles. The molecule has 0 bridgehead atoms. The third-order valence-electron chi connectivity index (χ3n) is 2.70. The Morgan fingerprint density at radius 3 is 2.85 bits per heavy atom. The van der Waals surface area contributed by atoms with Crippen LogP contribution in [0, 0.1) is 5.82 Å². The van der Waals surface area contributed by atoms with E-state index in [-0.39, 0.29) is 23.5 Å². The number of sulfonamides is 1. The van der Waals surface area contributed by atoms with Crippen LogP contribution in [0.4, 0.5) is 4.39 Å². The Morgan fingerprint density at radius 2 is 2.20 bits per heavy atom. The zero-order valence-corrected chi connectivity index (χ0v) is 12.2. The number of nitrogens with one attached hydrogen (secondary N) is 1. The molecule has 1 aromatic heterocycles. The summed E-state index contributed by atoms with van der Waals surface area (Å²) in [5.74, 6) is -0.506. The summed E-state index contributed by atoms with van der Waals surface area (Å²) in [6.07, 6.45) is 0.508. The van der Waals surface area contributed by atoms with Gasteiger partial charge in [-0.1, -0.05) is 0 Å². The maximum atomic E-state index is 13.3. The van der Waals surface area contributed by atoms with Gasteiger partial charge in [-0.2, -0.15) is 0 Å². The van der Waals surface area contributed by atoms with E-state index < -0.39 is 15.8 Å². The van der Waals surface area contributed by atoms with Crippen LogP contribution in [0.15, 0.2) is 34.0 Å². The monoisotopic (exact) mass is 315 g/mol. The average Bonchev–Trinajstić information content (AvgIpc) is 2.92. The molecule has 2 rings (SSSR count). The van der Waals surface area contributed by atoms with Crippen LogP contribution in [-0.2, 0) is 23.0 Å². The molecule has 3 N–H and O–H groups in total. The van der Waals surface area contributed by atoms with E-state index in [0.29, 0.717) is 6.42 Å². The largest absolute Gasteiger partial charge is 0.326 e. The number of hydrogen-bond donors (Lipinski definition) is 2. The maximum absolute atomic E-state index is 13.3. The third-order valence-corrected chi connectivity index (χ3v) is 4.80. The summed E-state index contributed by atoms with van der Waals surface area (Å²) < 4.78 is 39.8. The fraction of sp³-hybridized carbons (Fsp3) is 0.250. The Bertz CT molecular complexity index is 672. The fourth-order valence-corrected chi connectivity index (χ4v) is 3.31. The first-order valence-corrected chi connectivity index (χ1v) is 8.31. The zero-order chi connectivity index (χ0) is 14.6. The standard InChI is InChI=1S/C12H14FN3O2S2/c13-12-2-1-11(5-9(12)6-14)20(17,18)16-4-3-10-7-19-8-15-10/h1-2,5,7-8,16H,3-4,6,14H2. The van der Waals surface area contributed by atoms with Gasteiger partial charge in [-0.15, -0.1) is 11.3 Å². The highest BCUT2D eigenvalue weighted by Gasteiger charge is 2.15. The molecule has 0 atom stereocenters. The molecule has 108 valence electrons. The second kappa shape index (κ2) is 6.40. The quantitative estimate of drug-likeness (QED) is 0.840. The van der Waals surface area contributed by atoms with E-state index in [1.54, 1.807) is 5.51 Å². The van der Waals surface area contributed by atoms with Gasteiger partial charge >= 0.3 is 0 Å². The number of benzene rings is 1. The number of hydrogen-bond acceptors (Lipinski definition) is 5. The first kappa shape index (κ1) is 15.0. The molecule has 0 aliphatic heterocycles. The van der Waals surface area contributed by atoms with Crippen molar-refractivity contribution < 1.29 is 12.8 Å². The molecule has 8 heteroatoms. The summed E-state index contributed by atoms with van der Waals surface area (Å²) in [5.41, 5.74) is 8.06. The van der Waals surface area contributed by atoms with Crippen LogP contribution in [0.5, 0.6) is 0 Å². The smallest absolute Gasteiger partial charge is 0.240 e. The molecular formula is C12H14FN3O2S2. The van der Waals surface area contributed by atoms with Crippen LogP contribution in [-0.4, -0.2) is 19.9 Å².